The zero-order valence-electron chi connectivity index (χ0n) is 10.8. The number of aromatic amines is 1. The highest BCUT2D eigenvalue weighted by Crippen LogP contribution is 2.13. The molecule has 2 heterocycles. The van der Waals surface area contributed by atoms with E-state index >= 15 is 0 Å². The molecule has 0 radical (unpaired) electrons. The van der Waals surface area contributed by atoms with Crippen molar-refractivity contribution in [3.8, 4) is 11.4 Å². The second-order valence-electron chi connectivity index (χ2n) is 4.47. The van der Waals surface area contributed by atoms with Crippen LogP contribution in [0, 0.1) is 5.82 Å². The van der Waals surface area contributed by atoms with E-state index < -0.39 is 0 Å². The highest BCUT2D eigenvalue weighted by molar-refractivity contribution is 5.52. The topological polar surface area (TPSA) is 54.5 Å². The van der Waals surface area contributed by atoms with Crippen molar-refractivity contribution in [2.75, 3.05) is 0 Å². The number of rotatable bonds is 4. The van der Waals surface area contributed by atoms with Gasteiger partial charge in [-0.1, -0.05) is 12.1 Å². The van der Waals surface area contributed by atoms with Crippen molar-refractivity contribution in [2.45, 2.75) is 12.8 Å². The van der Waals surface area contributed by atoms with E-state index in [0.29, 0.717) is 5.82 Å². The number of hydrogen-bond acceptors (Lipinski definition) is 3. The molecule has 0 bridgehead atoms. The Bertz CT molecular complexity index is 677. The lowest BCUT2D eigenvalue weighted by Gasteiger charge is -1.98. The fourth-order valence-electron chi connectivity index (χ4n) is 1.95. The van der Waals surface area contributed by atoms with E-state index in [2.05, 4.69) is 20.2 Å². The van der Waals surface area contributed by atoms with Gasteiger partial charge in [0.25, 0.3) is 0 Å². The summed E-state index contributed by atoms with van der Waals surface area (Å²) in [6.07, 6.45) is 4.96. The van der Waals surface area contributed by atoms with E-state index in [9.17, 15) is 4.39 Å². The predicted molar refractivity (Wildman–Crippen MR) is 73.4 cm³/mol. The summed E-state index contributed by atoms with van der Waals surface area (Å²) >= 11 is 0. The number of nitrogens with zero attached hydrogens (tertiary/aromatic N) is 3. The largest absolute Gasteiger partial charge is 0.265 e. The van der Waals surface area contributed by atoms with Crippen molar-refractivity contribution < 1.29 is 4.39 Å². The van der Waals surface area contributed by atoms with E-state index in [-0.39, 0.29) is 5.82 Å². The lowest BCUT2D eigenvalue weighted by molar-refractivity contribution is 0.627. The first-order valence-corrected chi connectivity index (χ1v) is 6.37. The van der Waals surface area contributed by atoms with Crippen LogP contribution in [0.15, 0.2) is 48.8 Å². The standard InChI is InChI=1S/C15H13FN4/c16-13-4-1-11(2-5-13)3-6-14-18-15(20-19-14)12-7-9-17-10-8-12/h1-2,4-5,7-10H,3,6H2,(H,18,19,20). The summed E-state index contributed by atoms with van der Waals surface area (Å²) in [5.74, 6) is 1.27. The summed E-state index contributed by atoms with van der Waals surface area (Å²) in [5.41, 5.74) is 2.01. The van der Waals surface area contributed by atoms with Crippen molar-refractivity contribution in [1.29, 1.82) is 0 Å². The first-order valence-electron chi connectivity index (χ1n) is 6.37. The van der Waals surface area contributed by atoms with Crippen molar-refractivity contribution in [3.05, 3.63) is 66.0 Å². The van der Waals surface area contributed by atoms with Gasteiger partial charge in [-0.15, -0.1) is 0 Å². The number of nitrogens with one attached hydrogen (secondary N) is 1. The summed E-state index contributed by atoms with van der Waals surface area (Å²) in [4.78, 5) is 8.41. The van der Waals surface area contributed by atoms with Gasteiger partial charge < -0.3 is 0 Å². The minimum absolute atomic E-state index is 0.214. The highest BCUT2D eigenvalue weighted by atomic mass is 19.1. The molecule has 0 atom stereocenters. The van der Waals surface area contributed by atoms with Gasteiger partial charge in [0.05, 0.1) is 0 Å². The molecule has 5 heteroatoms. The molecule has 100 valence electrons. The third kappa shape index (κ3) is 2.88. The van der Waals surface area contributed by atoms with Gasteiger partial charge in [-0.25, -0.2) is 9.37 Å². The van der Waals surface area contributed by atoms with E-state index in [1.54, 1.807) is 24.5 Å². The Morgan fingerprint density at radius 1 is 0.950 bits per heavy atom. The van der Waals surface area contributed by atoms with Gasteiger partial charge in [-0.05, 0) is 36.2 Å². The molecule has 20 heavy (non-hydrogen) atoms. The normalized spacial score (nSPS) is 10.7. The average molecular weight is 268 g/mol. The van der Waals surface area contributed by atoms with Gasteiger partial charge >= 0.3 is 0 Å². The van der Waals surface area contributed by atoms with Crippen molar-refractivity contribution >= 4 is 0 Å². The number of halogens is 1. The highest BCUT2D eigenvalue weighted by Gasteiger charge is 2.05. The summed E-state index contributed by atoms with van der Waals surface area (Å²) in [6.45, 7) is 0. The maximum absolute atomic E-state index is 12.8. The molecule has 0 unspecified atom stereocenters. The van der Waals surface area contributed by atoms with Crippen molar-refractivity contribution in [3.63, 3.8) is 0 Å². The Balaban J connectivity index is 1.67. The van der Waals surface area contributed by atoms with Gasteiger partial charge in [0.1, 0.15) is 11.6 Å². The number of aryl methyl sites for hydroxylation is 2. The quantitative estimate of drug-likeness (QED) is 0.791. The van der Waals surface area contributed by atoms with E-state index in [4.69, 9.17) is 0 Å². The van der Waals surface area contributed by atoms with Crippen LogP contribution in [-0.4, -0.2) is 20.2 Å². The van der Waals surface area contributed by atoms with Crippen LogP contribution in [0.3, 0.4) is 0 Å². The second-order valence-corrected chi connectivity index (χ2v) is 4.47. The molecule has 0 aliphatic heterocycles. The van der Waals surface area contributed by atoms with Crippen LogP contribution in [0.2, 0.25) is 0 Å². The lowest BCUT2D eigenvalue weighted by Crippen LogP contribution is -1.93. The summed E-state index contributed by atoms with van der Waals surface area (Å²) < 4.78 is 12.8. The molecular weight excluding hydrogens is 255 g/mol. The van der Waals surface area contributed by atoms with Gasteiger partial charge in [0.15, 0.2) is 5.82 Å². The third-order valence-corrected chi connectivity index (χ3v) is 3.03. The monoisotopic (exact) mass is 268 g/mol. The third-order valence-electron chi connectivity index (χ3n) is 3.03. The molecule has 0 saturated heterocycles. The summed E-state index contributed by atoms with van der Waals surface area (Å²) in [5, 5.41) is 7.12. The molecule has 1 N–H and O–H groups in total. The fourth-order valence-corrected chi connectivity index (χ4v) is 1.95. The second kappa shape index (κ2) is 5.61. The van der Waals surface area contributed by atoms with E-state index in [0.717, 1.165) is 29.8 Å². The Labute approximate surface area is 115 Å². The molecule has 3 aromatic rings. The molecule has 0 spiro atoms. The van der Waals surface area contributed by atoms with Crippen molar-refractivity contribution in [2.24, 2.45) is 0 Å². The molecule has 0 amide bonds. The van der Waals surface area contributed by atoms with Gasteiger partial charge in [-0.2, -0.15) is 5.10 Å². The number of benzene rings is 1. The van der Waals surface area contributed by atoms with Crippen molar-refractivity contribution in [1.82, 2.24) is 20.2 Å². The molecule has 1 aromatic carbocycles. The summed E-state index contributed by atoms with van der Waals surface area (Å²) in [6, 6.07) is 10.3. The minimum atomic E-state index is -0.214. The zero-order valence-corrected chi connectivity index (χ0v) is 10.8. The summed E-state index contributed by atoms with van der Waals surface area (Å²) in [7, 11) is 0. The molecule has 0 fully saturated rings. The smallest absolute Gasteiger partial charge is 0.181 e. The molecule has 0 aliphatic carbocycles. The first kappa shape index (κ1) is 12.5. The Hall–Kier alpha value is -2.56. The SMILES string of the molecule is Fc1ccc(CCc2nc(-c3ccncc3)n[nH]2)cc1. The average Bonchev–Trinajstić information content (AvgIpc) is 2.97. The van der Waals surface area contributed by atoms with Crippen LogP contribution < -0.4 is 0 Å². The molecule has 2 aromatic heterocycles. The van der Waals surface area contributed by atoms with E-state index in [1.165, 1.54) is 12.1 Å². The Morgan fingerprint density at radius 3 is 2.45 bits per heavy atom. The number of pyridine rings is 1. The lowest BCUT2D eigenvalue weighted by atomic mass is 10.1. The van der Waals surface area contributed by atoms with Gasteiger partial charge in [-0.3, -0.25) is 10.1 Å². The van der Waals surface area contributed by atoms with E-state index in [1.807, 2.05) is 12.1 Å². The maximum atomic E-state index is 12.8. The van der Waals surface area contributed by atoms with Crippen LogP contribution in [0.4, 0.5) is 4.39 Å². The molecular formula is C15H13FN4. The van der Waals surface area contributed by atoms with Crippen LogP contribution >= 0.6 is 0 Å². The predicted octanol–water partition coefficient (Wildman–Crippen LogP) is 2.79. The van der Waals surface area contributed by atoms with Crippen LogP contribution in [-0.2, 0) is 12.8 Å². The minimum Gasteiger partial charge on any atom is -0.265 e. The fraction of sp³-hybridized carbons (Fsp3) is 0.133. The zero-order chi connectivity index (χ0) is 13.8. The molecule has 0 saturated carbocycles. The first-order chi connectivity index (χ1) is 9.81. The van der Waals surface area contributed by atoms with Crippen LogP contribution in [0.5, 0.6) is 0 Å². The number of hydrogen-bond donors (Lipinski definition) is 1. The van der Waals surface area contributed by atoms with Crippen LogP contribution in [0.1, 0.15) is 11.4 Å². The number of aromatic nitrogens is 4. The number of H-pyrrole nitrogens is 1. The molecule has 4 nitrogen and oxygen atoms in total. The van der Waals surface area contributed by atoms with Gasteiger partial charge in [0, 0.05) is 24.4 Å². The maximum Gasteiger partial charge on any atom is 0.181 e. The van der Waals surface area contributed by atoms with Crippen LogP contribution in [0.25, 0.3) is 11.4 Å². The van der Waals surface area contributed by atoms with Gasteiger partial charge in [0.2, 0.25) is 0 Å². The Morgan fingerprint density at radius 2 is 1.70 bits per heavy atom. The Kier molecular flexibility index (Phi) is 3.50. The molecule has 3 rings (SSSR count). The molecule has 0 aliphatic rings.